The highest BCUT2D eigenvalue weighted by atomic mass is 31.0. The SMILES string of the molecule is CC.N=C1CCc2ccccc21.P. The van der Waals surface area contributed by atoms with Crippen molar-refractivity contribution in [2.75, 3.05) is 0 Å². The third kappa shape index (κ3) is 2.63. The van der Waals surface area contributed by atoms with Crippen molar-refractivity contribution in [1.82, 2.24) is 0 Å². The Labute approximate surface area is 83.7 Å². The minimum Gasteiger partial charge on any atom is -0.305 e. The monoisotopic (exact) mass is 195 g/mol. The lowest BCUT2D eigenvalue weighted by molar-refractivity contribution is 1.09. The molecule has 0 aromatic heterocycles. The molecule has 2 rings (SSSR count). The molecule has 0 saturated heterocycles. The minimum absolute atomic E-state index is 0. The Hall–Kier alpha value is -0.680. The average molecular weight is 195 g/mol. The van der Waals surface area contributed by atoms with Gasteiger partial charge in [-0.1, -0.05) is 38.1 Å². The van der Waals surface area contributed by atoms with Crippen LogP contribution < -0.4 is 0 Å². The number of aryl methyl sites for hydroxylation is 1. The van der Waals surface area contributed by atoms with E-state index >= 15 is 0 Å². The van der Waals surface area contributed by atoms with Crippen molar-refractivity contribution in [3.63, 3.8) is 0 Å². The van der Waals surface area contributed by atoms with Crippen LogP contribution in [0.15, 0.2) is 24.3 Å². The maximum Gasteiger partial charge on any atom is 0.0392 e. The van der Waals surface area contributed by atoms with Gasteiger partial charge in [-0.2, -0.15) is 9.90 Å². The molecule has 0 bridgehead atoms. The van der Waals surface area contributed by atoms with Gasteiger partial charge in [0.25, 0.3) is 0 Å². The summed E-state index contributed by atoms with van der Waals surface area (Å²) in [6, 6.07) is 8.18. The molecule has 0 spiro atoms. The number of rotatable bonds is 0. The van der Waals surface area contributed by atoms with Gasteiger partial charge in [0.2, 0.25) is 0 Å². The zero-order chi connectivity index (χ0) is 8.97. The van der Waals surface area contributed by atoms with Gasteiger partial charge in [0.05, 0.1) is 0 Å². The van der Waals surface area contributed by atoms with E-state index in [0.717, 1.165) is 24.1 Å². The van der Waals surface area contributed by atoms with Gasteiger partial charge >= 0.3 is 0 Å². The number of hydrogen-bond acceptors (Lipinski definition) is 1. The van der Waals surface area contributed by atoms with Crippen molar-refractivity contribution in [2.24, 2.45) is 0 Å². The number of hydrogen-bond donors (Lipinski definition) is 1. The van der Waals surface area contributed by atoms with Crippen LogP contribution in [0.3, 0.4) is 0 Å². The predicted molar refractivity (Wildman–Crippen MR) is 64.0 cm³/mol. The maximum absolute atomic E-state index is 7.53. The van der Waals surface area contributed by atoms with Crippen LogP contribution in [-0.2, 0) is 6.42 Å². The van der Waals surface area contributed by atoms with E-state index in [4.69, 9.17) is 5.41 Å². The fourth-order valence-electron chi connectivity index (χ4n) is 1.43. The third-order valence-electron chi connectivity index (χ3n) is 1.99. The molecule has 2 heteroatoms. The molecule has 0 amide bonds. The van der Waals surface area contributed by atoms with Crippen molar-refractivity contribution >= 4 is 15.6 Å². The van der Waals surface area contributed by atoms with Gasteiger partial charge in [-0.05, 0) is 24.0 Å². The summed E-state index contributed by atoms with van der Waals surface area (Å²) in [6.07, 6.45) is 1.99. The Morgan fingerprint density at radius 1 is 1.08 bits per heavy atom. The molecule has 13 heavy (non-hydrogen) atoms. The fraction of sp³-hybridized carbons (Fsp3) is 0.364. The highest BCUT2D eigenvalue weighted by Gasteiger charge is 2.13. The molecule has 1 N–H and O–H groups in total. The highest BCUT2D eigenvalue weighted by molar-refractivity contribution is 6.92. The van der Waals surface area contributed by atoms with Gasteiger partial charge in [-0.25, -0.2) is 0 Å². The normalized spacial score (nSPS) is 12.3. The smallest absolute Gasteiger partial charge is 0.0392 e. The molecule has 1 aromatic carbocycles. The van der Waals surface area contributed by atoms with Crippen LogP contribution >= 0.6 is 9.90 Å². The van der Waals surface area contributed by atoms with Crippen molar-refractivity contribution in [3.05, 3.63) is 35.4 Å². The number of fused-ring (bicyclic) bond motifs is 1. The molecule has 1 aliphatic rings. The third-order valence-corrected chi connectivity index (χ3v) is 1.99. The summed E-state index contributed by atoms with van der Waals surface area (Å²) in [4.78, 5) is 0. The summed E-state index contributed by atoms with van der Waals surface area (Å²) in [6.45, 7) is 4.00. The molecule has 0 saturated carbocycles. The van der Waals surface area contributed by atoms with E-state index in [0.29, 0.717) is 0 Å². The van der Waals surface area contributed by atoms with Crippen molar-refractivity contribution in [3.8, 4) is 0 Å². The standard InChI is InChI=1S/C9H9N.C2H6.H3P/c10-9-6-5-7-3-1-2-4-8(7)9;1-2;/h1-4,10H,5-6H2;1-2H3;1H3. The first-order valence-corrected chi connectivity index (χ1v) is 4.53. The quantitative estimate of drug-likeness (QED) is 0.615. The predicted octanol–water partition coefficient (Wildman–Crippen LogP) is 3.08. The van der Waals surface area contributed by atoms with Gasteiger partial charge in [-0.15, -0.1) is 0 Å². The van der Waals surface area contributed by atoms with Gasteiger partial charge in [-0.3, -0.25) is 0 Å². The summed E-state index contributed by atoms with van der Waals surface area (Å²) in [5.74, 6) is 0. The van der Waals surface area contributed by atoms with E-state index in [2.05, 4.69) is 6.07 Å². The summed E-state index contributed by atoms with van der Waals surface area (Å²) in [7, 11) is 0. The van der Waals surface area contributed by atoms with Crippen molar-refractivity contribution in [1.29, 1.82) is 5.41 Å². The van der Waals surface area contributed by atoms with Crippen LogP contribution in [-0.4, -0.2) is 5.71 Å². The van der Waals surface area contributed by atoms with E-state index in [-0.39, 0.29) is 9.90 Å². The molecule has 1 aliphatic carbocycles. The molecule has 0 aliphatic heterocycles. The zero-order valence-corrected chi connectivity index (χ0v) is 9.84. The number of nitrogens with one attached hydrogen (secondary N) is 1. The Morgan fingerprint density at radius 2 is 1.69 bits per heavy atom. The Kier molecular flexibility index (Phi) is 5.57. The van der Waals surface area contributed by atoms with Crippen molar-refractivity contribution in [2.45, 2.75) is 26.7 Å². The first kappa shape index (κ1) is 12.3. The summed E-state index contributed by atoms with van der Waals surface area (Å²) < 4.78 is 0. The molecular formula is C11H18NP. The van der Waals surface area contributed by atoms with E-state index in [1.165, 1.54) is 5.56 Å². The van der Waals surface area contributed by atoms with E-state index < -0.39 is 0 Å². The Bertz CT molecular complexity index is 281. The minimum atomic E-state index is 0. The Balaban J connectivity index is 0.000000451. The lowest BCUT2D eigenvalue weighted by Gasteiger charge is -1.94. The van der Waals surface area contributed by atoms with Crippen LogP contribution in [0, 0.1) is 5.41 Å². The summed E-state index contributed by atoms with van der Waals surface area (Å²) in [5, 5.41) is 7.53. The zero-order valence-electron chi connectivity index (χ0n) is 8.43. The van der Waals surface area contributed by atoms with Crippen LogP contribution in [0.1, 0.15) is 31.4 Å². The van der Waals surface area contributed by atoms with Crippen LogP contribution in [0.4, 0.5) is 0 Å². The summed E-state index contributed by atoms with van der Waals surface area (Å²) in [5.41, 5.74) is 3.30. The maximum atomic E-state index is 7.53. The molecule has 72 valence electrons. The van der Waals surface area contributed by atoms with Crippen molar-refractivity contribution < 1.29 is 0 Å². The number of benzene rings is 1. The second-order valence-electron chi connectivity index (χ2n) is 2.64. The van der Waals surface area contributed by atoms with E-state index in [9.17, 15) is 0 Å². The molecule has 1 unspecified atom stereocenters. The topological polar surface area (TPSA) is 23.9 Å². The van der Waals surface area contributed by atoms with Gasteiger partial charge in [0.15, 0.2) is 0 Å². The second kappa shape index (κ2) is 5.88. The molecule has 0 radical (unpaired) electrons. The second-order valence-corrected chi connectivity index (χ2v) is 2.64. The Morgan fingerprint density at radius 3 is 2.31 bits per heavy atom. The molecule has 0 fully saturated rings. The fourth-order valence-corrected chi connectivity index (χ4v) is 1.43. The molecule has 1 aromatic rings. The molecular weight excluding hydrogens is 177 g/mol. The largest absolute Gasteiger partial charge is 0.305 e. The van der Waals surface area contributed by atoms with Gasteiger partial charge in [0.1, 0.15) is 0 Å². The average Bonchev–Trinajstić information content (AvgIpc) is 2.53. The first-order chi connectivity index (χ1) is 5.88. The van der Waals surface area contributed by atoms with Crippen LogP contribution in [0.25, 0.3) is 0 Å². The first-order valence-electron chi connectivity index (χ1n) is 4.53. The molecule has 1 atom stereocenters. The lowest BCUT2D eigenvalue weighted by Crippen LogP contribution is -1.89. The molecule has 0 heterocycles. The van der Waals surface area contributed by atoms with Crippen LogP contribution in [0.2, 0.25) is 0 Å². The van der Waals surface area contributed by atoms with Crippen LogP contribution in [0.5, 0.6) is 0 Å². The van der Waals surface area contributed by atoms with E-state index in [1.54, 1.807) is 0 Å². The van der Waals surface area contributed by atoms with E-state index in [1.807, 2.05) is 32.0 Å². The molecule has 1 nitrogen and oxygen atoms in total. The van der Waals surface area contributed by atoms with Gasteiger partial charge in [0, 0.05) is 5.71 Å². The highest BCUT2D eigenvalue weighted by Crippen LogP contribution is 2.20. The van der Waals surface area contributed by atoms with Gasteiger partial charge < -0.3 is 5.41 Å². The lowest BCUT2D eigenvalue weighted by atomic mass is 10.1. The summed E-state index contributed by atoms with van der Waals surface area (Å²) >= 11 is 0.